The average molecular weight is 405 g/mol. The number of hydrogen-bond acceptors (Lipinski definition) is 4. The van der Waals surface area contributed by atoms with Crippen LogP contribution in [0.3, 0.4) is 0 Å². The van der Waals surface area contributed by atoms with E-state index in [9.17, 15) is 4.79 Å². The molecule has 1 saturated heterocycles. The Hall–Kier alpha value is -1.53. The van der Waals surface area contributed by atoms with Crippen molar-refractivity contribution in [2.24, 2.45) is 0 Å². The standard InChI is InChI=1S/C21H25ClN2O2S/c1-16-14-23(11-12-24(16)27-20-5-3-2-4-6-20)15-18-13-19(22)9-7-17(18)8-10-21(25)26/h2-7,9,13,16H,8,10-12,14-15H2,1H3,(H,25,26). The van der Waals surface area contributed by atoms with Crippen molar-refractivity contribution < 1.29 is 9.90 Å². The van der Waals surface area contributed by atoms with Gasteiger partial charge in [-0.1, -0.05) is 35.9 Å². The lowest BCUT2D eigenvalue weighted by molar-refractivity contribution is -0.136. The number of carbonyl (C=O) groups is 1. The lowest BCUT2D eigenvalue weighted by Crippen LogP contribution is -2.48. The molecule has 0 saturated carbocycles. The van der Waals surface area contributed by atoms with E-state index in [-0.39, 0.29) is 6.42 Å². The average Bonchev–Trinajstić information content (AvgIpc) is 2.64. The van der Waals surface area contributed by atoms with Crippen LogP contribution in [0.2, 0.25) is 5.02 Å². The van der Waals surface area contributed by atoms with Gasteiger partial charge in [-0.05, 0) is 60.7 Å². The van der Waals surface area contributed by atoms with Gasteiger partial charge >= 0.3 is 5.97 Å². The smallest absolute Gasteiger partial charge is 0.303 e. The van der Waals surface area contributed by atoms with Crippen molar-refractivity contribution in [1.82, 2.24) is 9.21 Å². The first-order chi connectivity index (χ1) is 13.0. The largest absolute Gasteiger partial charge is 0.481 e. The number of aliphatic carboxylic acids is 1. The topological polar surface area (TPSA) is 43.8 Å². The highest BCUT2D eigenvalue weighted by atomic mass is 35.5. The number of hydrogen-bond donors (Lipinski definition) is 1. The summed E-state index contributed by atoms with van der Waals surface area (Å²) in [6.07, 6.45) is 0.688. The molecule has 1 aliphatic heterocycles. The van der Waals surface area contributed by atoms with Crippen LogP contribution in [0.15, 0.2) is 53.4 Å². The molecule has 144 valence electrons. The fourth-order valence-corrected chi connectivity index (χ4v) is 4.54. The van der Waals surface area contributed by atoms with E-state index in [1.54, 1.807) is 0 Å². The van der Waals surface area contributed by atoms with E-state index in [2.05, 4.69) is 40.4 Å². The summed E-state index contributed by atoms with van der Waals surface area (Å²) in [6, 6.07) is 16.7. The van der Waals surface area contributed by atoms with Crippen LogP contribution < -0.4 is 0 Å². The molecule has 2 aromatic rings. The maximum absolute atomic E-state index is 10.9. The summed E-state index contributed by atoms with van der Waals surface area (Å²) in [5, 5.41) is 9.69. The van der Waals surface area contributed by atoms with Gasteiger partial charge in [0.25, 0.3) is 0 Å². The van der Waals surface area contributed by atoms with Crippen LogP contribution in [0.5, 0.6) is 0 Å². The van der Waals surface area contributed by atoms with E-state index in [1.165, 1.54) is 4.90 Å². The molecule has 0 aliphatic carbocycles. The van der Waals surface area contributed by atoms with Gasteiger partial charge in [0.1, 0.15) is 0 Å². The van der Waals surface area contributed by atoms with Crippen LogP contribution in [0.4, 0.5) is 0 Å². The molecule has 0 amide bonds. The molecule has 2 aromatic carbocycles. The Balaban J connectivity index is 1.61. The van der Waals surface area contributed by atoms with E-state index in [4.69, 9.17) is 16.7 Å². The lowest BCUT2D eigenvalue weighted by atomic mass is 10.0. The minimum absolute atomic E-state index is 0.145. The van der Waals surface area contributed by atoms with Crippen LogP contribution >= 0.6 is 23.5 Å². The second-order valence-electron chi connectivity index (χ2n) is 6.94. The molecule has 1 unspecified atom stereocenters. The molecule has 0 bridgehead atoms. The predicted octanol–water partition coefficient (Wildman–Crippen LogP) is 4.57. The Morgan fingerprint density at radius 1 is 1.19 bits per heavy atom. The summed E-state index contributed by atoms with van der Waals surface area (Å²) in [5.74, 6) is -0.768. The molecule has 3 rings (SSSR count). The van der Waals surface area contributed by atoms with Gasteiger partial charge < -0.3 is 5.11 Å². The van der Waals surface area contributed by atoms with Crippen LogP contribution in [0.1, 0.15) is 24.5 Å². The molecule has 1 N–H and O–H groups in total. The molecular weight excluding hydrogens is 380 g/mol. The van der Waals surface area contributed by atoms with Crippen LogP contribution in [-0.2, 0) is 17.8 Å². The molecule has 0 spiro atoms. The second-order valence-corrected chi connectivity index (χ2v) is 8.50. The van der Waals surface area contributed by atoms with E-state index in [0.29, 0.717) is 17.5 Å². The highest BCUT2D eigenvalue weighted by Gasteiger charge is 2.25. The monoisotopic (exact) mass is 404 g/mol. The zero-order valence-electron chi connectivity index (χ0n) is 15.5. The Morgan fingerprint density at radius 3 is 2.67 bits per heavy atom. The maximum atomic E-state index is 10.9. The van der Waals surface area contributed by atoms with Gasteiger partial charge in [0.05, 0.1) is 0 Å². The minimum Gasteiger partial charge on any atom is -0.481 e. The molecule has 1 atom stereocenters. The number of benzene rings is 2. The highest BCUT2D eigenvalue weighted by Crippen LogP contribution is 2.28. The van der Waals surface area contributed by atoms with Crippen LogP contribution in [-0.4, -0.2) is 46.0 Å². The Kier molecular flexibility index (Phi) is 7.19. The molecular formula is C21H25ClN2O2S. The number of aryl methyl sites for hydroxylation is 1. The van der Waals surface area contributed by atoms with Gasteiger partial charge in [-0.2, -0.15) is 0 Å². The molecule has 1 fully saturated rings. The fraction of sp³-hybridized carbons (Fsp3) is 0.381. The summed E-state index contributed by atoms with van der Waals surface area (Å²) >= 11 is 8.01. The molecule has 4 nitrogen and oxygen atoms in total. The second kappa shape index (κ2) is 9.60. The first-order valence-electron chi connectivity index (χ1n) is 9.22. The third-order valence-electron chi connectivity index (χ3n) is 4.79. The lowest BCUT2D eigenvalue weighted by Gasteiger charge is -2.39. The minimum atomic E-state index is -0.768. The van der Waals surface area contributed by atoms with Crippen LogP contribution in [0.25, 0.3) is 0 Å². The van der Waals surface area contributed by atoms with E-state index < -0.39 is 5.97 Å². The first-order valence-corrected chi connectivity index (χ1v) is 10.4. The van der Waals surface area contributed by atoms with Crippen molar-refractivity contribution >= 4 is 29.5 Å². The zero-order valence-corrected chi connectivity index (χ0v) is 17.0. The molecule has 27 heavy (non-hydrogen) atoms. The van der Waals surface area contributed by atoms with Gasteiger partial charge in [0, 0.05) is 48.6 Å². The van der Waals surface area contributed by atoms with Crippen molar-refractivity contribution in [1.29, 1.82) is 0 Å². The molecule has 1 aliphatic rings. The molecule has 1 heterocycles. The van der Waals surface area contributed by atoms with E-state index >= 15 is 0 Å². The summed E-state index contributed by atoms with van der Waals surface area (Å²) < 4.78 is 2.44. The maximum Gasteiger partial charge on any atom is 0.303 e. The van der Waals surface area contributed by atoms with E-state index in [1.807, 2.05) is 36.2 Å². The zero-order chi connectivity index (χ0) is 19.2. The van der Waals surface area contributed by atoms with Gasteiger partial charge in [-0.25, -0.2) is 4.31 Å². The molecule has 0 radical (unpaired) electrons. The SMILES string of the molecule is CC1CN(Cc2cc(Cl)ccc2CCC(=O)O)CCN1Sc1ccccc1. The third-order valence-corrected chi connectivity index (χ3v) is 6.28. The number of carboxylic acids is 1. The number of piperazine rings is 1. The third kappa shape index (κ3) is 5.98. The number of rotatable bonds is 7. The van der Waals surface area contributed by atoms with Crippen molar-refractivity contribution in [3.63, 3.8) is 0 Å². The fourth-order valence-electron chi connectivity index (χ4n) is 3.38. The number of nitrogens with zero attached hydrogens (tertiary/aromatic N) is 2. The van der Waals surface area contributed by atoms with Gasteiger partial charge in [0.2, 0.25) is 0 Å². The van der Waals surface area contributed by atoms with Gasteiger partial charge in [-0.15, -0.1) is 0 Å². The van der Waals surface area contributed by atoms with E-state index in [0.717, 1.165) is 37.3 Å². The normalized spacial score (nSPS) is 18.5. The number of carboxylic acid groups (broad SMARTS) is 1. The molecule has 0 aromatic heterocycles. The van der Waals surface area contributed by atoms with Gasteiger partial charge in [-0.3, -0.25) is 9.69 Å². The Bertz CT molecular complexity index is 772. The van der Waals surface area contributed by atoms with Gasteiger partial charge in [0.15, 0.2) is 0 Å². The van der Waals surface area contributed by atoms with Crippen molar-refractivity contribution in [2.45, 2.75) is 37.2 Å². The summed E-state index contributed by atoms with van der Waals surface area (Å²) in [4.78, 5) is 14.6. The van der Waals surface area contributed by atoms with Crippen molar-refractivity contribution in [2.75, 3.05) is 19.6 Å². The summed E-state index contributed by atoms with van der Waals surface area (Å²) in [7, 11) is 0. The first kappa shape index (κ1) is 20.2. The summed E-state index contributed by atoms with van der Waals surface area (Å²) in [6.45, 7) is 6.01. The Morgan fingerprint density at radius 2 is 1.96 bits per heavy atom. The number of halogens is 1. The van der Waals surface area contributed by atoms with Crippen molar-refractivity contribution in [3.05, 3.63) is 64.7 Å². The predicted molar refractivity (Wildman–Crippen MR) is 111 cm³/mol. The summed E-state index contributed by atoms with van der Waals surface area (Å²) in [5.41, 5.74) is 2.22. The van der Waals surface area contributed by atoms with Crippen LogP contribution in [0, 0.1) is 0 Å². The quantitative estimate of drug-likeness (QED) is 0.684. The van der Waals surface area contributed by atoms with Crippen molar-refractivity contribution in [3.8, 4) is 0 Å². The highest BCUT2D eigenvalue weighted by molar-refractivity contribution is 7.97. The Labute approximate surface area is 170 Å². The molecule has 6 heteroatoms.